The van der Waals surface area contributed by atoms with Crippen LogP contribution in [-0.2, 0) is 14.3 Å². The molecule has 0 unspecified atom stereocenters. The molecule has 2 aromatic carbocycles. The summed E-state index contributed by atoms with van der Waals surface area (Å²) in [5, 5.41) is 2.57. The summed E-state index contributed by atoms with van der Waals surface area (Å²) in [6.07, 6.45) is 2.80. The maximum Gasteiger partial charge on any atom is 0.331 e. The first-order valence-corrected chi connectivity index (χ1v) is 7.48. The molecule has 24 heavy (non-hydrogen) atoms. The lowest BCUT2D eigenvalue weighted by Gasteiger charge is -2.06. The number of amides is 1. The zero-order valence-electron chi connectivity index (χ0n) is 12.9. The van der Waals surface area contributed by atoms with Gasteiger partial charge < -0.3 is 10.1 Å². The van der Waals surface area contributed by atoms with Gasteiger partial charge in [0.2, 0.25) is 0 Å². The highest BCUT2D eigenvalue weighted by Crippen LogP contribution is 2.19. The summed E-state index contributed by atoms with van der Waals surface area (Å²) in [5.41, 5.74) is 1.88. The molecule has 124 valence electrons. The first-order chi connectivity index (χ1) is 11.4. The minimum absolute atomic E-state index is 0.0706. The number of carbonyl (C=O) groups excluding carboxylic acids is 2. The second-order valence-corrected chi connectivity index (χ2v) is 5.46. The Morgan fingerprint density at radius 2 is 1.92 bits per heavy atom. The molecule has 0 saturated carbocycles. The van der Waals surface area contributed by atoms with E-state index in [0.29, 0.717) is 0 Å². The van der Waals surface area contributed by atoms with Crippen LogP contribution in [0.15, 0.2) is 48.5 Å². The largest absolute Gasteiger partial charge is 0.452 e. The molecule has 0 spiro atoms. The van der Waals surface area contributed by atoms with Gasteiger partial charge in [0.15, 0.2) is 6.61 Å². The van der Waals surface area contributed by atoms with Crippen LogP contribution in [-0.4, -0.2) is 18.5 Å². The normalized spacial score (nSPS) is 10.6. The molecule has 2 aromatic rings. The van der Waals surface area contributed by atoms with Gasteiger partial charge in [0, 0.05) is 11.1 Å². The first kappa shape index (κ1) is 17.7. The summed E-state index contributed by atoms with van der Waals surface area (Å²) in [5.74, 6) is -1.95. The average molecular weight is 348 g/mol. The van der Waals surface area contributed by atoms with E-state index in [-0.39, 0.29) is 10.7 Å². The third-order valence-electron chi connectivity index (χ3n) is 3.04. The molecule has 0 aromatic heterocycles. The maximum atomic E-state index is 13.5. The van der Waals surface area contributed by atoms with E-state index >= 15 is 0 Å². The summed E-state index contributed by atoms with van der Waals surface area (Å²) >= 11 is 5.72. The van der Waals surface area contributed by atoms with Crippen LogP contribution in [0.3, 0.4) is 0 Å². The number of ether oxygens (including phenoxy) is 1. The van der Waals surface area contributed by atoms with Gasteiger partial charge in [-0.05, 0) is 36.8 Å². The lowest BCUT2D eigenvalue weighted by Crippen LogP contribution is -2.20. The number of anilines is 1. The molecule has 0 heterocycles. The quantitative estimate of drug-likeness (QED) is 0.657. The van der Waals surface area contributed by atoms with Crippen molar-refractivity contribution in [3.63, 3.8) is 0 Å². The number of benzene rings is 2. The van der Waals surface area contributed by atoms with Crippen LogP contribution < -0.4 is 5.32 Å². The van der Waals surface area contributed by atoms with Gasteiger partial charge in [-0.15, -0.1) is 0 Å². The van der Waals surface area contributed by atoms with Crippen molar-refractivity contribution >= 4 is 35.2 Å². The van der Waals surface area contributed by atoms with Crippen LogP contribution in [0, 0.1) is 12.7 Å². The lowest BCUT2D eigenvalue weighted by molar-refractivity contribution is -0.142. The molecule has 2 rings (SSSR count). The lowest BCUT2D eigenvalue weighted by atomic mass is 10.1. The number of halogens is 2. The second kappa shape index (κ2) is 8.26. The fourth-order valence-electron chi connectivity index (χ4n) is 1.81. The molecule has 0 fully saturated rings. The Morgan fingerprint density at radius 1 is 1.21 bits per heavy atom. The SMILES string of the molecule is Cc1ccc(/C=C/C(=O)OCC(=O)Nc2cc(Cl)ccc2F)cc1. The summed E-state index contributed by atoms with van der Waals surface area (Å²) in [6.45, 7) is 1.44. The van der Waals surface area contributed by atoms with E-state index in [1.165, 1.54) is 18.2 Å². The molecule has 4 nitrogen and oxygen atoms in total. The van der Waals surface area contributed by atoms with Gasteiger partial charge in [-0.3, -0.25) is 4.79 Å². The molecule has 0 saturated heterocycles. The molecule has 0 atom stereocenters. The van der Waals surface area contributed by atoms with E-state index in [2.05, 4.69) is 5.32 Å². The van der Waals surface area contributed by atoms with E-state index in [9.17, 15) is 14.0 Å². The summed E-state index contributed by atoms with van der Waals surface area (Å²) in [6, 6.07) is 11.3. The van der Waals surface area contributed by atoms with Gasteiger partial charge in [-0.2, -0.15) is 0 Å². The number of nitrogens with one attached hydrogen (secondary N) is 1. The molecule has 1 amide bonds. The highest BCUT2D eigenvalue weighted by molar-refractivity contribution is 6.30. The highest BCUT2D eigenvalue weighted by Gasteiger charge is 2.09. The fraction of sp³-hybridized carbons (Fsp3) is 0.111. The zero-order valence-corrected chi connectivity index (χ0v) is 13.6. The monoisotopic (exact) mass is 347 g/mol. The van der Waals surface area contributed by atoms with Crippen molar-refractivity contribution in [2.75, 3.05) is 11.9 Å². The maximum absolute atomic E-state index is 13.5. The van der Waals surface area contributed by atoms with Crippen molar-refractivity contribution < 1.29 is 18.7 Å². The van der Waals surface area contributed by atoms with Crippen LogP contribution in [0.25, 0.3) is 6.08 Å². The molecule has 0 bridgehead atoms. The Labute approximate surface area is 143 Å². The molecule has 0 aliphatic carbocycles. The predicted octanol–water partition coefficient (Wildman–Crippen LogP) is 3.98. The van der Waals surface area contributed by atoms with Gasteiger partial charge in [0.05, 0.1) is 5.69 Å². The number of hydrogen-bond acceptors (Lipinski definition) is 3. The summed E-state index contributed by atoms with van der Waals surface area (Å²) < 4.78 is 18.3. The van der Waals surface area contributed by atoms with Gasteiger partial charge in [0.1, 0.15) is 5.82 Å². The Morgan fingerprint density at radius 3 is 2.62 bits per heavy atom. The van der Waals surface area contributed by atoms with Gasteiger partial charge in [0.25, 0.3) is 5.91 Å². The average Bonchev–Trinajstić information content (AvgIpc) is 2.56. The van der Waals surface area contributed by atoms with Gasteiger partial charge in [-0.1, -0.05) is 41.4 Å². The fourth-order valence-corrected chi connectivity index (χ4v) is 1.98. The minimum Gasteiger partial charge on any atom is -0.452 e. The van der Waals surface area contributed by atoms with Crippen molar-refractivity contribution in [1.29, 1.82) is 0 Å². The van der Waals surface area contributed by atoms with E-state index in [1.807, 2.05) is 31.2 Å². The Bertz CT molecular complexity index is 772. The number of carbonyl (C=O) groups is 2. The first-order valence-electron chi connectivity index (χ1n) is 7.10. The van der Waals surface area contributed by atoms with Gasteiger partial charge >= 0.3 is 5.97 Å². The van der Waals surface area contributed by atoms with Crippen molar-refractivity contribution in [2.45, 2.75) is 6.92 Å². The number of aryl methyl sites for hydroxylation is 1. The molecular formula is C18H15ClFNO3. The van der Waals surface area contributed by atoms with Crippen LogP contribution in [0.1, 0.15) is 11.1 Å². The van der Waals surface area contributed by atoms with Gasteiger partial charge in [-0.25, -0.2) is 9.18 Å². The third-order valence-corrected chi connectivity index (χ3v) is 3.27. The van der Waals surface area contributed by atoms with E-state index in [1.54, 1.807) is 6.08 Å². The van der Waals surface area contributed by atoms with Crippen LogP contribution in [0.2, 0.25) is 5.02 Å². The molecule has 6 heteroatoms. The van der Waals surface area contributed by atoms with E-state index in [0.717, 1.165) is 17.2 Å². The Hall–Kier alpha value is -2.66. The summed E-state index contributed by atoms with van der Waals surface area (Å²) in [7, 11) is 0. The van der Waals surface area contributed by atoms with Crippen molar-refractivity contribution in [3.05, 3.63) is 70.5 Å². The van der Waals surface area contributed by atoms with Crippen LogP contribution >= 0.6 is 11.6 Å². The van der Waals surface area contributed by atoms with Crippen molar-refractivity contribution in [1.82, 2.24) is 0 Å². The Balaban J connectivity index is 1.83. The second-order valence-electron chi connectivity index (χ2n) is 5.02. The highest BCUT2D eigenvalue weighted by atomic mass is 35.5. The van der Waals surface area contributed by atoms with Crippen LogP contribution in [0.5, 0.6) is 0 Å². The van der Waals surface area contributed by atoms with E-state index < -0.39 is 24.3 Å². The number of rotatable bonds is 5. The molecule has 1 N–H and O–H groups in total. The molecular weight excluding hydrogens is 333 g/mol. The number of hydrogen-bond donors (Lipinski definition) is 1. The molecule has 0 aliphatic heterocycles. The standard InChI is InChI=1S/C18H15ClFNO3/c1-12-2-4-13(5-3-12)6-9-18(23)24-11-17(22)21-16-10-14(19)7-8-15(16)20/h2-10H,11H2,1H3,(H,21,22)/b9-6+. The van der Waals surface area contributed by atoms with Crippen LogP contribution in [0.4, 0.5) is 10.1 Å². The zero-order chi connectivity index (χ0) is 17.5. The Kier molecular flexibility index (Phi) is 6.09. The van der Waals surface area contributed by atoms with E-state index in [4.69, 9.17) is 16.3 Å². The topological polar surface area (TPSA) is 55.4 Å². The van der Waals surface area contributed by atoms with Crippen molar-refractivity contribution in [2.24, 2.45) is 0 Å². The van der Waals surface area contributed by atoms with Crippen molar-refractivity contribution in [3.8, 4) is 0 Å². The third kappa shape index (κ3) is 5.52. The molecule has 0 radical (unpaired) electrons. The summed E-state index contributed by atoms with van der Waals surface area (Å²) in [4.78, 5) is 23.2. The smallest absolute Gasteiger partial charge is 0.331 e. The molecule has 0 aliphatic rings. The predicted molar refractivity (Wildman–Crippen MR) is 91.2 cm³/mol. The minimum atomic E-state index is -0.669. The number of esters is 1.